The maximum atomic E-state index is 13.4. The summed E-state index contributed by atoms with van der Waals surface area (Å²) in [6, 6.07) is 22.6. The minimum Gasteiger partial charge on any atom is -1.00 e. The molecular formula is C27H23F3INO. The highest BCUT2D eigenvalue weighted by Gasteiger charge is 2.16. The number of hydrogen-bond donors (Lipinski definition) is 0. The van der Waals surface area contributed by atoms with Gasteiger partial charge in [-0.1, -0.05) is 24.3 Å². The van der Waals surface area contributed by atoms with Crippen LogP contribution in [0.25, 0.3) is 0 Å². The van der Waals surface area contributed by atoms with Gasteiger partial charge in [-0.25, -0.2) is 17.7 Å². The zero-order valence-electron chi connectivity index (χ0n) is 17.8. The van der Waals surface area contributed by atoms with Gasteiger partial charge in [0.05, 0.1) is 0 Å². The van der Waals surface area contributed by atoms with Crippen LogP contribution < -0.4 is 33.3 Å². The first-order chi connectivity index (χ1) is 15.6. The first-order valence-corrected chi connectivity index (χ1v) is 10.5. The SMILES string of the molecule is Fc1ccc(Oc2cc[n+](CCCC(c3ccc(F)cc3)c3ccc(F)cc3)cc2)cc1.[I-]. The van der Waals surface area contributed by atoms with E-state index in [1.165, 1.54) is 36.4 Å². The number of halogens is 4. The van der Waals surface area contributed by atoms with Crippen LogP contribution in [-0.4, -0.2) is 0 Å². The monoisotopic (exact) mass is 561 g/mol. The second-order valence-electron chi connectivity index (χ2n) is 7.63. The van der Waals surface area contributed by atoms with Crippen LogP contribution in [0.15, 0.2) is 97.3 Å². The molecule has 0 N–H and O–H groups in total. The summed E-state index contributed by atoms with van der Waals surface area (Å²) in [5.41, 5.74) is 2.01. The summed E-state index contributed by atoms with van der Waals surface area (Å²) in [5.74, 6) is 0.449. The number of benzene rings is 3. The van der Waals surface area contributed by atoms with Gasteiger partial charge < -0.3 is 28.7 Å². The molecule has 0 fully saturated rings. The molecule has 0 atom stereocenters. The Morgan fingerprint density at radius 3 is 1.52 bits per heavy atom. The van der Waals surface area contributed by atoms with Crippen LogP contribution in [0.4, 0.5) is 13.2 Å². The number of aromatic nitrogens is 1. The van der Waals surface area contributed by atoms with E-state index < -0.39 is 0 Å². The number of rotatable bonds is 8. The van der Waals surface area contributed by atoms with E-state index in [4.69, 9.17) is 4.74 Å². The second-order valence-corrected chi connectivity index (χ2v) is 7.63. The van der Waals surface area contributed by atoms with E-state index in [1.807, 2.05) is 24.5 Å². The topological polar surface area (TPSA) is 13.1 Å². The lowest BCUT2D eigenvalue weighted by molar-refractivity contribution is -0.697. The fourth-order valence-electron chi connectivity index (χ4n) is 3.69. The summed E-state index contributed by atoms with van der Waals surface area (Å²) in [7, 11) is 0. The minimum absolute atomic E-state index is 0. The lowest BCUT2D eigenvalue weighted by Gasteiger charge is -2.17. The molecule has 4 rings (SSSR count). The van der Waals surface area contributed by atoms with Crippen LogP contribution in [0.3, 0.4) is 0 Å². The summed E-state index contributed by atoms with van der Waals surface area (Å²) < 4.78 is 47.6. The van der Waals surface area contributed by atoms with Crippen molar-refractivity contribution in [3.63, 3.8) is 0 Å². The summed E-state index contributed by atoms with van der Waals surface area (Å²) in [5, 5.41) is 0. The third kappa shape index (κ3) is 7.05. The van der Waals surface area contributed by atoms with Gasteiger partial charge in [-0.3, -0.25) is 0 Å². The molecule has 2 nitrogen and oxygen atoms in total. The first-order valence-electron chi connectivity index (χ1n) is 10.5. The van der Waals surface area contributed by atoms with Crippen molar-refractivity contribution >= 4 is 0 Å². The van der Waals surface area contributed by atoms with Crippen LogP contribution >= 0.6 is 0 Å². The van der Waals surface area contributed by atoms with Crippen molar-refractivity contribution in [2.45, 2.75) is 25.3 Å². The zero-order valence-corrected chi connectivity index (χ0v) is 20.0. The molecule has 0 spiro atoms. The Morgan fingerprint density at radius 1 is 0.606 bits per heavy atom. The van der Waals surface area contributed by atoms with Crippen molar-refractivity contribution in [1.82, 2.24) is 0 Å². The van der Waals surface area contributed by atoms with Crippen molar-refractivity contribution in [2.75, 3.05) is 0 Å². The Hall–Kier alpha value is -2.87. The van der Waals surface area contributed by atoms with Crippen molar-refractivity contribution in [2.24, 2.45) is 0 Å². The first kappa shape index (κ1) is 24.8. The molecule has 0 radical (unpaired) electrons. The molecule has 0 aliphatic rings. The quantitative estimate of drug-likeness (QED) is 0.236. The van der Waals surface area contributed by atoms with E-state index in [-0.39, 0.29) is 47.3 Å². The van der Waals surface area contributed by atoms with Gasteiger partial charge in [-0.05, 0) is 66.1 Å². The summed E-state index contributed by atoms with van der Waals surface area (Å²) >= 11 is 0. The average Bonchev–Trinajstić information content (AvgIpc) is 2.81. The number of hydrogen-bond acceptors (Lipinski definition) is 1. The molecule has 0 saturated heterocycles. The standard InChI is InChI=1S/C27H23F3NO.HI/c28-22-7-3-20(4-8-22)27(21-5-9-23(29)10-6-21)2-1-17-31-18-15-26(16-19-31)32-25-13-11-24(30)12-14-25;/h3-16,18-19,27H,1-2,17H2;1H/q+1;/p-1. The molecule has 0 saturated carbocycles. The van der Waals surface area contributed by atoms with Gasteiger partial charge in [-0.2, -0.15) is 0 Å². The zero-order chi connectivity index (χ0) is 22.3. The molecule has 1 aromatic heterocycles. The second kappa shape index (κ2) is 11.8. The largest absolute Gasteiger partial charge is 1.00 e. The molecular weight excluding hydrogens is 538 g/mol. The van der Waals surface area contributed by atoms with E-state index in [0.29, 0.717) is 11.5 Å². The highest BCUT2D eigenvalue weighted by molar-refractivity contribution is 5.33. The third-order valence-corrected chi connectivity index (χ3v) is 5.36. The number of aryl methyl sites for hydroxylation is 1. The number of nitrogens with zero attached hydrogens (tertiary/aromatic N) is 1. The van der Waals surface area contributed by atoms with E-state index >= 15 is 0 Å². The molecule has 3 aromatic carbocycles. The predicted molar refractivity (Wildman–Crippen MR) is 117 cm³/mol. The van der Waals surface area contributed by atoms with E-state index in [0.717, 1.165) is 30.5 Å². The van der Waals surface area contributed by atoms with Crippen molar-refractivity contribution in [3.8, 4) is 11.5 Å². The Morgan fingerprint density at radius 2 is 1.03 bits per heavy atom. The molecule has 6 heteroatoms. The van der Waals surface area contributed by atoms with Crippen LogP contribution in [0.2, 0.25) is 0 Å². The van der Waals surface area contributed by atoms with Crippen molar-refractivity contribution in [1.29, 1.82) is 0 Å². The van der Waals surface area contributed by atoms with E-state index in [9.17, 15) is 13.2 Å². The van der Waals surface area contributed by atoms with Crippen molar-refractivity contribution < 1.29 is 46.5 Å². The minimum atomic E-state index is -0.303. The lowest BCUT2D eigenvalue weighted by atomic mass is 9.87. The molecule has 33 heavy (non-hydrogen) atoms. The average molecular weight is 561 g/mol. The molecule has 170 valence electrons. The highest BCUT2D eigenvalue weighted by atomic mass is 127. The highest BCUT2D eigenvalue weighted by Crippen LogP contribution is 2.29. The molecule has 0 unspecified atom stereocenters. The van der Waals surface area contributed by atoms with Gasteiger partial charge >= 0.3 is 0 Å². The van der Waals surface area contributed by atoms with Crippen LogP contribution in [0.1, 0.15) is 29.9 Å². The predicted octanol–water partition coefficient (Wildman–Crippen LogP) is 3.80. The summed E-state index contributed by atoms with van der Waals surface area (Å²) in [6.45, 7) is 0.787. The number of pyridine rings is 1. The van der Waals surface area contributed by atoms with Gasteiger partial charge in [0.15, 0.2) is 12.4 Å². The van der Waals surface area contributed by atoms with Gasteiger partial charge in [0.2, 0.25) is 0 Å². The van der Waals surface area contributed by atoms with E-state index in [1.54, 1.807) is 36.4 Å². The van der Waals surface area contributed by atoms with Gasteiger partial charge in [-0.15, -0.1) is 0 Å². The molecule has 4 aromatic rings. The Balaban J connectivity index is 0.00000306. The van der Waals surface area contributed by atoms with Gasteiger partial charge in [0.25, 0.3) is 0 Å². The summed E-state index contributed by atoms with van der Waals surface area (Å²) in [4.78, 5) is 0. The van der Waals surface area contributed by atoms with Crippen LogP contribution in [0, 0.1) is 17.5 Å². The normalized spacial score (nSPS) is 10.7. The maximum Gasteiger partial charge on any atom is 0.172 e. The fourth-order valence-corrected chi connectivity index (χ4v) is 3.69. The molecule has 0 aliphatic heterocycles. The third-order valence-electron chi connectivity index (χ3n) is 5.36. The van der Waals surface area contributed by atoms with Crippen LogP contribution in [0.5, 0.6) is 11.5 Å². The molecule has 1 heterocycles. The summed E-state index contributed by atoms with van der Waals surface area (Å²) in [6.07, 6.45) is 5.58. The fraction of sp³-hybridized carbons (Fsp3) is 0.148. The molecule has 0 bridgehead atoms. The van der Waals surface area contributed by atoms with Crippen LogP contribution in [-0.2, 0) is 6.54 Å². The lowest BCUT2D eigenvalue weighted by Crippen LogP contribution is -3.00. The maximum absolute atomic E-state index is 13.4. The Kier molecular flexibility index (Phi) is 8.88. The smallest absolute Gasteiger partial charge is 0.172 e. The molecule has 0 amide bonds. The van der Waals surface area contributed by atoms with E-state index in [2.05, 4.69) is 4.57 Å². The Bertz CT molecular complexity index is 1090. The van der Waals surface area contributed by atoms with Crippen molar-refractivity contribution in [3.05, 3.63) is 126 Å². The van der Waals surface area contributed by atoms with Gasteiger partial charge in [0, 0.05) is 24.5 Å². The Labute approximate surface area is 208 Å². The number of ether oxygens (including phenoxy) is 1. The molecule has 0 aliphatic carbocycles. The van der Waals surface area contributed by atoms with Gasteiger partial charge in [0.1, 0.15) is 35.5 Å².